The molecule has 0 aromatic carbocycles. The van der Waals surface area contributed by atoms with E-state index in [1.165, 1.54) is 21.0 Å². The summed E-state index contributed by atoms with van der Waals surface area (Å²) in [6, 6.07) is 0. The molecule has 8 heteroatoms. The number of aliphatic hydroxyl groups is 2. The molecular weight excluding hydrogens is 548 g/mol. The molecule has 43 heavy (non-hydrogen) atoms. The van der Waals surface area contributed by atoms with E-state index < -0.39 is 57.5 Å². The van der Waals surface area contributed by atoms with E-state index in [0.717, 1.165) is 31.3 Å². The lowest BCUT2D eigenvalue weighted by Gasteiger charge is -2.72. The Morgan fingerprint density at radius 1 is 0.907 bits per heavy atom. The highest BCUT2D eigenvalue weighted by Gasteiger charge is 2.74. The summed E-state index contributed by atoms with van der Waals surface area (Å²) >= 11 is 0. The molecule has 0 aliphatic heterocycles. The maximum Gasteiger partial charge on any atom is 0.312 e. The van der Waals surface area contributed by atoms with Crippen molar-refractivity contribution in [3.05, 3.63) is 11.6 Å². The summed E-state index contributed by atoms with van der Waals surface area (Å²) in [4.78, 5) is 38.6. The Balaban J connectivity index is 1.74. The standard InChI is InChI=1S/C35H54O8/c1-19-11-14-35(29(39)41-10)16-15-32(7)22(26(35)34(19,9)40)17-23(42-20(2)36)27-31(6)18-24(43-21(3)37)28(38)30(4,5)25(31)12-13-33(27,32)8/h17,19,23-28,38,40H,11-16,18H2,1-10H3/t19-,23?,24-,25?,26-,27?,28+,31+,32-,33-,34-,35+/m1/s1. The number of hydrogen-bond donors (Lipinski definition) is 2. The number of esters is 3. The predicted molar refractivity (Wildman–Crippen MR) is 160 cm³/mol. The minimum atomic E-state index is -1.16. The fraction of sp³-hybridized carbons (Fsp3) is 0.857. The smallest absolute Gasteiger partial charge is 0.312 e. The Morgan fingerprint density at radius 3 is 2.12 bits per heavy atom. The summed E-state index contributed by atoms with van der Waals surface area (Å²) in [5.41, 5.74) is -2.76. The minimum Gasteiger partial charge on any atom is -0.469 e. The molecule has 5 aliphatic rings. The van der Waals surface area contributed by atoms with Crippen LogP contribution in [-0.4, -0.2) is 59.1 Å². The molecule has 5 aliphatic carbocycles. The van der Waals surface area contributed by atoms with Crippen molar-refractivity contribution in [1.29, 1.82) is 0 Å². The highest BCUT2D eigenvalue weighted by Crippen LogP contribution is 2.76. The molecule has 12 atom stereocenters. The van der Waals surface area contributed by atoms with Crippen LogP contribution in [0.2, 0.25) is 0 Å². The van der Waals surface area contributed by atoms with E-state index in [2.05, 4.69) is 47.6 Å². The van der Waals surface area contributed by atoms with Crippen molar-refractivity contribution < 1.29 is 38.8 Å². The zero-order valence-corrected chi connectivity index (χ0v) is 27.9. The van der Waals surface area contributed by atoms with Crippen LogP contribution in [-0.2, 0) is 28.6 Å². The van der Waals surface area contributed by atoms with E-state index in [4.69, 9.17) is 14.2 Å². The number of methoxy groups -OCH3 is 1. The molecule has 242 valence electrons. The summed E-state index contributed by atoms with van der Waals surface area (Å²) in [6.07, 6.45) is 4.88. The van der Waals surface area contributed by atoms with Crippen molar-refractivity contribution in [2.75, 3.05) is 7.11 Å². The summed E-state index contributed by atoms with van der Waals surface area (Å²) in [5.74, 6) is -1.64. The van der Waals surface area contributed by atoms with Crippen LogP contribution in [0.3, 0.4) is 0 Å². The molecule has 0 bridgehead atoms. The highest BCUT2D eigenvalue weighted by atomic mass is 16.6. The molecule has 0 aromatic heterocycles. The van der Waals surface area contributed by atoms with Crippen LogP contribution in [0.1, 0.15) is 107 Å². The number of carbonyl (C=O) groups excluding carboxylic acids is 3. The van der Waals surface area contributed by atoms with Gasteiger partial charge in [0, 0.05) is 25.7 Å². The normalized spacial score (nSPS) is 50.0. The molecule has 0 radical (unpaired) electrons. The van der Waals surface area contributed by atoms with Gasteiger partial charge in [0.1, 0.15) is 12.2 Å². The van der Waals surface area contributed by atoms with Crippen molar-refractivity contribution in [2.24, 2.45) is 50.7 Å². The van der Waals surface area contributed by atoms with Gasteiger partial charge in [-0.25, -0.2) is 0 Å². The first kappa shape index (κ1) is 32.5. The first-order valence-corrected chi connectivity index (χ1v) is 16.3. The second-order valence-electron chi connectivity index (χ2n) is 16.4. The van der Waals surface area contributed by atoms with E-state index in [9.17, 15) is 24.6 Å². The molecule has 4 fully saturated rings. The second kappa shape index (κ2) is 10.0. The average molecular weight is 603 g/mol. The number of carbonyl (C=O) groups is 3. The maximum absolute atomic E-state index is 13.7. The SMILES string of the molecule is COC(=O)[C@]12CC[C@@H](C)[C@@](C)(O)[C@H]1C1=CC(OC(C)=O)C3[C@@]4(C)C[C@@H](OC(C)=O)[C@H](O)C(C)(C)C4CC[C@@]3(C)[C@]1(C)CC2. The summed E-state index contributed by atoms with van der Waals surface area (Å²) in [5, 5.41) is 23.7. The van der Waals surface area contributed by atoms with Gasteiger partial charge in [0.05, 0.1) is 24.2 Å². The van der Waals surface area contributed by atoms with Crippen molar-refractivity contribution >= 4 is 17.9 Å². The van der Waals surface area contributed by atoms with Gasteiger partial charge in [0.15, 0.2) is 0 Å². The third kappa shape index (κ3) is 4.24. The lowest BCUT2D eigenvalue weighted by atomic mass is 9.32. The molecule has 4 saturated carbocycles. The largest absolute Gasteiger partial charge is 0.469 e. The van der Waals surface area contributed by atoms with Crippen molar-refractivity contribution in [3.63, 3.8) is 0 Å². The molecule has 0 aromatic rings. The predicted octanol–water partition coefficient (Wildman–Crippen LogP) is 5.38. The van der Waals surface area contributed by atoms with Crippen LogP contribution in [0.15, 0.2) is 11.6 Å². The van der Waals surface area contributed by atoms with Gasteiger partial charge in [-0.15, -0.1) is 0 Å². The van der Waals surface area contributed by atoms with Crippen LogP contribution in [0.25, 0.3) is 0 Å². The number of ether oxygens (including phenoxy) is 3. The quantitative estimate of drug-likeness (QED) is 0.251. The maximum atomic E-state index is 13.7. The third-order valence-corrected chi connectivity index (χ3v) is 14.1. The van der Waals surface area contributed by atoms with Gasteiger partial charge in [0.25, 0.3) is 0 Å². The Kier molecular flexibility index (Phi) is 7.58. The number of rotatable bonds is 3. The highest BCUT2D eigenvalue weighted by molar-refractivity contribution is 5.79. The fourth-order valence-electron chi connectivity index (χ4n) is 11.8. The lowest BCUT2D eigenvalue weighted by Crippen LogP contribution is -2.71. The zero-order chi connectivity index (χ0) is 32.1. The fourth-order valence-corrected chi connectivity index (χ4v) is 11.8. The molecule has 0 heterocycles. The average Bonchev–Trinajstić information content (AvgIpc) is 2.89. The molecule has 5 rings (SSSR count). The van der Waals surface area contributed by atoms with Gasteiger partial charge in [-0.2, -0.15) is 0 Å². The Labute approximate surface area is 257 Å². The molecule has 8 nitrogen and oxygen atoms in total. The van der Waals surface area contributed by atoms with Crippen LogP contribution < -0.4 is 0 Å². The summed E-state index contributed by atoms with van der Waals surface area (Å²) in [6.45, 7) is 17.7. The first-order chi connectivity index (χ1) is 19.7. The van der Waals surface area contributed by atoms with Crippen LogP contribution in [0.4, 0.5) is 0 Å². The van der Waals surface area contributed by atoms with E-state index in [1.54, 1.807) is 0 Å². The Morgan fingerprint density at radius 2 is 1.53 bits per heavy atom. The van der Waals surface area contributed by atoms with Gasteiger partial charge in [0.2, 0.25) is 0 Å². The van der Waals surface area contributed by atoms with E-state index in [1.807, 2.05) is 6.92 Å². The molecule has 0 saturated heterocycles. The monoisotopic (exact) mass is 602 g/mol. The van der Waals surface area contributed by atoms with Gasteiger partial charge in [-0.1, -0.05) is 47.1 Å². The van der Waals surface area contributed by atoms with Crippen LogP contribution in [0.5, 0.6) is 0 Å². The molecule has 0 amide bonds. The van der Waals surface area contributed by atoms with E-state index >= 15 is 0 Å². The zero-order valence-electron chi connectivity index (χ0n) is 27.9. The number of aliphatic hydroxyl groups excluding tert-OH is 1. The van der Waals surface area contributed by atoms with Crippen molar-refractivity contribution in [1.82, 2.24) is 0 Å². The number of fused-ring (bicyclic) bond motifs is 7. The van der Waals surface area contributed by atoms with E-state index in [0.29, 0.717) is 19.3 Å². The Hall–Kier alpha value is -1.93. The number of hydrogen-bond acceptors (Lipinski definition) is 8. The molecular formula is C35H54O8. The van der Waals surface area contributed by atoms with E-state index in [-0.39, 0.29) is 35.1 Å². The van der Waals surface area contributed by atoms with Gasteiger partial charge in [-0.3, -0.25) is 14.4 Å². The summed E-state index contributed by atoms with van der Waals surface area (Å²) < 4.78 is 17.5. The first-order valence-electron chi connectivity index (χ1n) is 16.3. The second-order valence-corrected chi connectivity index (χ2v) is 16.4. The van der Waals surface area contributed by atoms with Crippen molar-refractivity contribution in [2.45, 2.75) is 131 Å². The molecule has 2 N–H and O–H groups in total. The van der Waals surface area contributed by atoms with Crippen LogP contribution in [0, 0.1) is 50.7 Å². The topological polar surface area (TPSA) is 119 Å². The summed E-state index contributed by atoms with van der Waals surface area (Å²) in [7, 11) is 1.43. The van der Waals surface area contributed by atoms with Crippen LogP contribution >= 0.6 is 0 Å². The minimum absolute atomic E-state index is 0.0328. The van der Waals surface area contributed by atoms with Gasteiger partial charge in [-0.05, 0) is 91.4 Å². The lowest BCUT2D eigenvalue weighted by molar-refractivity contribution is -0.257. The Bertz CT molecular complexity index is 1220. The molecule has 0 spiro atoms. The van der Waals surface area contributed by atoms with Gasteiger partial charge < -0.3 is 24.4 Å². The van der Waals surface area contributed by atoms with Crippen molar-refractivity contribution in [3.8, 4) is 0 Å². The third-order valence-electron chi connectivity index (χ3n) is 14.1. The molecule has 3 unspecified atom stereocenters. The van der Waals surface area contributed by atoms with Gasteiger partial charge >= 0.3 is 17.9 Å².